The maximum atomic E-state index is 3.73. The van der Waals surface area contributed by atoms with Crippen LogP contribution in [0.15, 0.2) is 0 Å². The molecule has 3 rings (SSSR count). The summed E-state index contributed by atoms with van der Waals surface area (Å²) >= 11 is 0. The molecule has 0 radical (unpaired) electrons. The molecule has 0 unspecified atom stereocenters. The van der Waals surface area contributed by atoms with Crippen LogP contribution in [0.3, 0.4) is 0 Å². The first-order valence-electron chi connectivity index (χ1n) is 13.6. The normalized spacial score (nSPS) is 29.8. The molecule has 3 nitrogen and oxygen atoms in total. The zero-order chi connectivity index (χ0) is 20.2. The summed E-state index contributed by atoms with van der Waals surface area (Å²) in [6, 6.07) is 0. The summed E-state index contributed by atoms with van der Waals surface area (Å²) in [5.41, 5.74) is 0. The molecule has 0 amide bonds. The van der Waals surface area contributed by atoms with Gasteiger partial charge in [-0.25, -0.2) is 0 Å². The predicted molar refractivity (Wildman–Crippen MR) is 129 cm³/mol. The van der Waals surface area contributed by atoms with Crippen LogP contribution in [-0.2, 0) is 0 Å². The maximum absolute atomic E-state index is 3.73. The van der Waals surface area contributed by atoms with Gasteiger partial charge in [-0.2, -0.15) is 0 Å². The van der Waals surface area contributed by atoms with Crippen LogP contribution in [0.2, 0.25) is 0 Å². The fourth-order valence-electron chi connectivity index (χ4n) is 5.34. The van der Waals surface area contributed by atoms with Crippen LogP contribution in [0.4, 0.5) is 0 Å². The van der Waals surface area contributed by atoms with Crippen molar-refractivity contribution in [3.8, 4) is 0 Å². The Bertz CT molecular complexity index is 265. The second-order valence-electron chi connectivity index (χ2n) is 9.96. The standard InChI is InChI=1S/C26H53N3/c1-7-19-27-20-10-4-16-26-17-5-11-23-28-21-8-2-14-25(13-1)15-3-9-22-29-24-12-6-18-26/h25-29H,1-24H2. The van der Waals surface area contributed by atoms with Crippen LogP contribution in [0.1, 0.15) is 116 Å². The Morgan fingerprint density at radius 2 is 0.483 bits per heavy atom. The van der Waals surface area contributed by atoms with Crippen LogP contribution in [0.25, 0.3) is 0 Å². The molecule has 3 N–H and O–H groups in total. The van der Waals surface area contributed by atoms with Gasteiger partial charge in [0, 0.05) is 0 Å². The van der Waals surface area contributed by atoms with Crippen LogP contribution in [0, 0.1) is 11.8 Å². The predicted octanol–water partition coefficient (Wildman–Crippen LogP) is 6.04. The fraction of sp³-hybridized carbons (Fsp3) is 1.00. The molecule has 3 fully saturated rings. The molecule has 0 aromatic rings. The quantitative estimate of drug-likeness (QED) is 0.458. The molecule has 3 aliphatic rings. The molecule has 0 aromatic carbocycles. The number of nitrogens with one attached hydrogen (secondary N) is 3. The van der Waals surface area contributed by atoms with E-state index in [2.05, 4.69) is 16.0 Å². The van der Waals surface area contributed by atoms with Crippen molar-refractivity contribution < 1.29 is 0 Å². The van der Waals surface area contributed by atoms with Crippen molar-refractivity contribution >= 4 is 0 Å². The lowest BCUT2D eigenvalue weighted by molar-refractivity contribution is 0.357. The molecule has 0 saturated carbocycles. The van der Waals surface area contributed by atoms with Gasteiger partial charge in [0.2, 0.25) is 0 Å². The summed E-state index contributed by atoms with van der Waals surface area (Å²) in [4.78, 5) is 0. The molecule has 29 heavy (non-hydrogen) atoms. The number of fused-ring (bicyclic) bond motifs is 24. The average molecular weight is 408 g/mol. The molecule has 172 valence electrons. The Morgan fingerprint density at radius 1 is 0.276 bits per heavy atom. The van der Waals surface area contributed by atoms with E-state index >= 15 is 0 Å². The minimum atomic E-state index is 0.975. The van der Waals surface area contributed by atoms with E-state index < -0.39 is 0 Å². The third-order valence-corrected chi connectivity index (χ3v) is 7.30. The highest BCUT2D eigenvalue weighted by atomic mass is 14.8. The van der Waals surface area contributed by atoms with Gasteiger partial charge in [-0.1, -0.05) is 77.0 Å². The fourth-order valence-corrected chi connectivity index (χ4v) is 5.34. The highest BCUT2D eigenvalue weighted by molar-refractivity contribution is 4.66. The summed E-state index contributed by atoms with van der Waals surface area (Å²) < 4.78 is 0. The van der Waals surface area contributed by atoms with Gasteiger partial charge in [0.15, 0.2) is 0 Å². The van der Waals surface area contributed by atoms with Gasteiger partial charge in [-0.15, -0.1) is 0 Å². The van der Waals surface area contributed by atoms with Gasteiger partial charge in [0.25, 0.3) is 0 Å². The molecule has 0 atom stereocenters. The lowest BCUT2D eigenvalue weighted by Crippen LogP contribution is -2.19. The third-order valence-electron chi connectivity index (χ3n) is 7.30. The van der Waals surface area contributed by atoms with E-state index in [9.17, 15) is 0 Å². The molecular formula is C26H53N3. The van der Waals surface area contributed by atoms with E-state index in [1.165, 1.54) is 155 Å². The van der Waals surface area contributed by atoms with Crippen LogP contribution < -0.4 is 16.0 Å². The topological polar surface area (TPSA) is 36.1 Å². The van der Waals surface area contributed by atoms with E-state index in [1.54, 1.807) is 0 Å². The maximum Gasteiger partial charge on any atom is -0.00489 e. The van der Waals surface area contributed by atoms with E-state index in [4.69, 9.17) is 0 Å². The molecular weight excluding hydrogens is 354 g/mol. The Hall–Kier alpha value is -0.120. The highest BCUT2D eigenvalue weighted by Crippen LogP contribution is 2.23. The number of hydrogen-bond donors (Lipinski definition) is 3. The van der Waals surface area contributed by atoms with Gasteiger partial charge < -0.3 is 16.0 Å². The van der Waals surface area contributed by atoms with Crippen molar-refractivity contribution in [1.29, 1.82) is 0 Å². The van der Waals surface area contributed by atoms with Crippen molar-refractivity contribution in [2.45, 2.75) is 116 Å². The van der Waals surface area contributed by atoms with Gasteiger partial charge in [0.1, 0.15) is 0 Å². The van der Waals surface area contributed by atoms with Crippen LogP contribution in [-0.4, -0.2) is 39.3 Å². The van der Waals surface area contributed by atoms with E-state index in [1.807, 2.05) is 0 Å². The molecule has 3 heterocycles. The highest BCUT2D eigenvalue weighted by Gasteiger charge is 2.11. The van der Waals surface area contributed by atoms with E-state index in [-0.39, 0.29) is 0 Å². The SMILES string of the molecule is C1CCC2CCCCNCCCCC(CCCCNC1)CCCCNCCCC2. The molecule has 2 bridgehead atoms. The van der Waals surface area contributed by atoms with Gasteiger partial charge in [0.05, 0.1) is 0 Å². The lowest BCUT2D eigenvalue weighted by Gasteiger charge is -2.19. The van der Waals surface area contributed by atoms with Gasteiger partial charge in [-0.3, -0.25) is 0 Å². The first-order valence-corrected chi connectivity index (χ1v) is 13.6. The molecule has 0 aromatic heterocycles. The van der Waals surface area contributed by atoms with E-state index in [0.29, 0.717) is 0 Å². The summed E-state index contributed by atoms with van der Waals surface area (Å²) in [6.45, 7) is 7.44. The molecule has 3 saturated heterocycles. The summed E-state index contributed by atoms with van der Waals surface area (Å²) in [5.74, 6) is 1.95. The largest absolute Gasteiger partial charge is 0.317 e. The Balaban J connectivity index is 1.86. The molecule has 3 aliphatic heterocycles. The molecule has 0 spiro atoms. The second kappa shape index (κ2) is 18.6. The monoisotopic (exact) mass is 407 g/mol. The van der Waals surface area contributed by atoms with Crippen molar-refractivity contribution in [2.24, 2.45) is 11.8 Å². The number of rotatable bonds is 0. The third kappa shape index (κ3) is 14.5. The first-order chi connectivity index (χ1) is 14.4. The van der Waals surface area contributed by atoms with Crippen LogP contribution in [0.5, 0.6) is 0 Å². The minimum absolute atomic E-state index is 0.975. The Kier molecular flexibility index (Phi) is 16.2. The molecule has 0 aliphatic carbocycles. The van der Waals surface area contributed by atoms with Crippen molar-refractivity contribution in [1.82, 2.24) is 16.0 Å². The summed E-state index contributed by atoms with van der Waals surface area (Å²) in [7, 11) is 0. The van der Waals surface area contributed by atoms with Crippen molar-refractivity contribution in [3.05, 3.63) is 0 Å². The Morgan fingerprint density at radius 3 is 0.690 bits per heavy atom. The van der Waals surface area contributed by atoms with Gasteiger partial charge in [-0.05, 0) is 89.6 Å². The summed E-state index contributed by atoms with van der Waals surface area (Å²) in [6.07, 6.45) is 25.6. The van der Waals surface area contributed by atoms with Crippen LogP contribution >= 0.6 is 0 Å². The second-order valence-corrected chi connectivity index (χ2v) is 9.96. The minimum Gasteiger partial charge on any atom is -0.317 e. The first kappa shape index (κ1) is 25.1. The smallest absolute Gasteiger partial charge is 0.00489 e. The summed E-state index contributed by atoms with van der Waals surface area (Å²) in [5, 5.41) is 11.2. The zero-order valence-corrected chi connectivity index (χ0v) is 19.6. The van der Waals surface area contributed by atoms with E-state index in [0.717, 1.165) is 11.8 Å². The lowest BCUT2D eigenvalue weighted by atomic mass is 9.90. The number of hydrogen-bond acceptors (Lipinski definition) is 3. The van der Waals surface area contributed by atoms with Crippen molar-refractivity contribution in [2.75, 3.05) is 39.3 Å². The van der Waals surface area contributed by atoms with Gasteiger partial charge >= 0.3 is 0 Å². The zero-order valence-electron chi connectivity index (χ0n) is 19.6. The Labute approximate surface area is 183 Å². The average Bonchev–Trinajstić information content (AvgIpc) is 2.72. The van der Waals surface area contributed by atoms with Crippen molar-refractivity contribution in [3.63, 3.8) is 0 Å². The molecule has 3 heteroatoms.